The van der Waals surface area contributed by atoms with Crippen molar-refractivity contribution in [2.45, 2.75) is 19.4 Å². The summed E-state index contributed by atoms with van der Waals surface area (Å²) in [6.45, 7) is 3.18. The van der Waals surface area contributed by atoms with Crippen molar-refractivity contribution in [1.82, 2.24) is 10.2 Å². The van der Waals surface area contributed by atoms with Crippen molar-refractivity contribution in [1.29, 1.82) is 0 Å². The second kappa shape index (κ2) is 8.85. The topological polar surface area (TPSA) is 41.6 Å². The van der Waals surface area contributed by atoms with E-state index in [0.29, 0.717) is 13.2 Å². The number of carbonyl (C=O) groups excluding carboxylic acids is 1. The zero-order valence-electron chi connectivity index (χ0n) is 10.1. The highest BCUT2D eigenvalue weighted by molar-refractivity contribution is 7.98. The molecule has 0 aromatic rings. The molecule has 0 aliphatic carbocycles. The molecule has 0 aliphatic heterocycles. The minimum absolute atomic E-state index is 0.0272. The number of ether oxygens (including phenoxy) is 1. The number of hydrogen-bond acceptors (Lipinski definition) is 3. The molecule has 0 saturated carbocycles. The van der Waals surface area contributed by atoms with Crippen molar-refractivity contribution in [2.24, 2.45) is 0 Å². The SMILES string of the molecule is COCCNC(=O)N(C)C(C)CCSC. The average molecular weight is 234 g/mol. The highest BCUT2D eigenvalue weighted by atomic mass is 32.2. The third-order valence-corrected chi connectivity index (χ3v) is 2.95. The molecule has 0 bridgehead atoms. The summed E-state index contributed by atoms with van der Waals surface area (Å²) in [4.78, 5) is 13.3. The van der Waals surface area contributed by atoms with E-state index in [1.54, 1.807) is 23.8 Å². The zero-order chi connectivity index (χ0) is 11.7. The van der Waals surface area contributed by atoms with Gasteiger partial charge in [0, 0.05) is 26.7 Å². The molecule has 0 aliphatic rings. The van der Waals surface area contributed by atoms with Crippen molar-refractivity contribution in [3.63, 3.8) is 0 Å². The Labute approximate surface area is 96.7 Å². The predicted octanol–water partition coefficient (Wildman–Crippen LogP) is 1.42. The lowest BCUT2D eigenvalue weighted by Crippen LogP contribution is -2.43. The molecule has 90 valence electrons. The van der Waals surface area contributed by atoms with Gasteiger partial charge in [-0.25, -0.2) is 4.79 Å². The van der Waals surface area contributed by atoms with E-state index in [4.69, 9.17) is 4.74 Å². The number of rotatable bonds is 7. The molecule has 1 N–H and O–H groups in total. The molecule has 0 fully saturated rings. The Morgan fingerprint density at radius 1 is 1.60 bits per heavy atom. The van der Waals surface area contributed by atoms with Gasteiger partial charge in [0.25, 0.3) is 0 Å². The van der Waals surface area contributed by atoms with E-state index in [1.807, 2.05) is 7.05 Å². The minimum atomic E-state index is -0.0272. The average Bonchev–Trinajstić information content (AvgIpc) is 2.24. The monoisotopic (exact) mass is 234 g/mol. The van der Waals surface area contributed by atoms with E-state index < -0.39 is 0 Å². The van der Waals surface area contributed by atoms with Crippen LogP contribution >= 0.6 is 11.8 Å². The number of nitrogens with zero attached hydrogens (tertiary/aromatic N) is 1. The first-order valence-electron chi connectivity index (χ1n) is 5.12. The molecule has 0 aromatic heterocycles. The van der Waals surface area contributed by atoms with E-state index in [9.17, 15) is 4.79 Å². The zero-order valence-corrected chi connectivity index (χ0v) is 10.9. The van der Waals surface area contributed by atoms with Gasteiger partial charge in [-0.05, 0) is 25.4 Å². The van der Waals surface area contributed by atoms with E-state index in [2.05, 4.69) is 18.5 Å². The predicted molar refractivity (Wildman–Crippen MR) is 65.5 cm³/mol. The first-order chi connectivity index (χ1) is 7.13. The minimum Gasteiger partial charge on any atom is -0.383 e. The summed E-state index contributed by atoms with van der Waals surface area (Å²) in [6, 6.07) is 0.251. The Morgan fingerprint density at radius 3 is 2.80 bits per heavy atom. The third-order valence-electron chi connectivity index (χ3n) is 2.30. The van der Waals surface area contributed by atoms with Gasteiger partial charge in [0.15, 0.2) is 0 Å². The van der Waals surface area contributed by atoms with Gasteiger partial charge in [0.1, 0.15) is 0 Å². The van der Waals surface area contributed by atoms with E-state index in [-0.39, 0.29) is 12.1 Å². The lowest BCUT2D eigenvalue weighted by Gasteiger charge is -2.24. The normalized spacial score (nSPS) is 12.3. The van der Waals surface area contributed by atoms with Gasteiger partial charge < -0.3 is 15.0 Å². The van der Waals surface area contributed by atoms with Gasteiger partial charge in [-0.1, -0.05) is 0 Å². The van der Waals surface area contributed by atoms with Gasteiger partial charge in [0.2, 0.25) is 0 Å². The summed E-state index contributed by atoms with van der Waals surface area (Å²) in [5.74, 6) is 1.08. The van der Waals surface area contributed by atoms with E-state index in [0.717, 1.165) is 12.2 Å². The van der Waals surface area contributed by atoms with Gasteiger partial charge >= 0.3 is 6.03 Å². The Hall–Kier alpha value is -0.420. The summed E-state index contributed by atoms with van der Waals surface area (Å²) in [5.41, 5.74) is 0. The van der Waals surface area contributed by atoms with Crippen LogP contribution in [0.1, 0.15) is 13.3 Å². The molecular formula is C10H22N2O2S. The Kier molecular flexibility index (Phi) is 8.61. The number of nitrogens with one attached hydrogen (secondary N) is 1. The maximum Gasteiger partial charge on any atom is 0.317 e. The van der Waals surface area contributed by atoms with Crippen molar-refractivity contribution >= 4 is 17.8 Å². The van der Waals surface area contributed by atoms with Gasteiger partial charge in [0.05, 0.1) is 6.61 Å². The number of methoxy groups -OCH3 is 1. The molecule has 1 unspecified atom stereocenters. The Bertz CT molecular complexity index is 179. The molecule has 4 nitrogen and oxygen atoms in total. The molecule has 2 amide bonds. The van der Waals surface area contributed by atoms with E-state index in [1.165, 1.54) is 0 Å². The first-order valence-corrected chi connectivity index (χ1v) is 6.51. The van der Waals surface area contributed by atoms with Crippen LogP contribution in [-0.2, 0) is 4.74 Å². The van der Waals surface area contributed by atoms with Crippen molar-refractivity contribution in [2.75, 3.05) is 39.3 Å². The molecule has 0 radical (unpaired) electrons. The van der Waals surface area contributed by atoms with Crippen molar-refractivity contribution < 1.29 is 9.53 Å². The van der Waals surface area contributed by atoms with Crippen LogP contribution in [0.5, 0.6) is 0 Å². The van der Waals surface area contributed by atoms with Gasteiger partial charge in [-0.3, -0.25) is 0 Å². The standard InChI is InChI=1S/C10H22N2O2S/c1-9(5-8-15-4)12(2)10(13)11-6-7-14-3/h9H,5-8H2,1-4H3,(H,11,13). The smallest absolute Gasteiger partial charge is 0.317 e. The second-order valence-corrected chi connectivity index (χ2v) is 4.45. The molecular weight excluding hydrogens is 212 g/mol. The number of amides is 2. The van der Waals surface area contributed by atoms with Gasteiger partial charge in [-0.15, -0.1) is 0 Å². The second-order valence-electron chi connectivity index (χ2n) is 3.47. The molecule has 0 spiro atoms. The summed E-state index contributed by atoms with van der Waals surface area (Å²) >= 11 is 1.80. The van der Waals surface area contributed by atoms with Crippen molar-refractivity contribution in [3.05, 3.63) is 0 Å². The third kappa shape index (κ3) is 6.62. The summed E-state index contributed by atoms with van der Waals surface area (Å²) < 4.78 is 4.86. The van der Waals surface area contributed by atoms with Crippen LogP contribution in [0.3, 0.4) is 0 Å². The highest BCUT2D eigenvalue weighted by Gasteiger charge is 2.14. The highest BCUT2D eigenvalue weighted by Crippen LogP contribution is 2.05. The fraction of sp³-hybridized carbons (Fsp3) is 0.900. The van der Waals surface area contributed by atoms with Crippen LogP contribution in [0, 0.1) is 0 Å². The van der Waals surface area contributed by atoms with Crippen molar-refractivity contribution in [3.8, 4) is 0 Å². The molecule has 0 rings (SSSR count). The van der Waals surface area contributed by atoms with Crippen LogP contribution in [0.25, 0.3) is 0 Å². The largest absolute Gasteiger partial charge is 0.383 e. The lowest BCUT2D eigenvalue weighted by atomic mass is 10.2. The van der Waals surface area contributed by atoms with Crippen LogP contribution in [0.15, 0.2) is 0 Å². The number of hydrogen-bond donors (Lipinski definition) is 1. The Morgan fingerprint density at radius 2 is 2.27 bits per heavy atom. The molecule has 0 saturated heterocycles. The summed E-state index contributed by atoms with van der Waals surface area (Å²) in [5, 5.41) is 2.80. The molecule has 15 heavy (non-hydrogen) atoms. The van der Waals surface area contributed by atoms with Gasteiger partial charge in [-0.2, -0.15) is 11.8 Å². The molecule has 5 heteroatoms. The number of urea groups is 1. The molecule has 1 atom stereocenters. The lowest BCUT2D eigenvalue weighted by molar-refractivity contribution is 0.176. The quantitative estimate of drug-likeness (QED) is 0.677. The molecule has 0 heterocycles. The van der Waals surface area contributed by atoms with Crippen LogP contribution in [0.4, 0.5) is 4.79 Å². The Balaban J connectivity index is 3.75. The van der Waals surface area contributed by atoms with Crippen LogP contribution in [-0.4, -0.2) is 56.3 Å². The molecule has 0 aromatic carbocycles. The number of thioether (sulfide) groups is 1. The number of carbonyl (C=O) groups is 1. The fourth-order valence-electron chi connectivity index (χ4n) is 1.07. The summed E-state index contributed by atoms with van der Waals surface area (Å²) in [6.07, 6.45) is 3.10. The summed E-state index contributed by atoms with van der Waals surface area (Å²) in [7, 11) is 3.45. The van der Waals surface area contributed by atoms with Crippen LogP contribution in [0.2, 0.25) is 0 Å². The maximum atomic E-state index is 11.6. The first kappa shape index (κ1) is 14.6. The van der Waals surface area contributed by atoms with Crippen LogP contribution < -0.4 is 5.32 Å². The maximum absolute atomic E-state index is 11.6. The fourth-order valence-corrected chi connectivity index (χ4v) is 1.64. The van der Waals surface area contributed by atoms with E-state index >= 15 is 0 Å².